The summed E-state index contributed by atoms with van der Waals surface area (Å²) in [5.74, 6) is -0.923. The van der Waals surface area contributed by atoms with Crippen molar-refractivity contribution in [2.75, 3.05) is 6.61 Å². The maximum Gasteiger partial charge on any atom is 0.309 e. The molecule has 0 radical (unpaired) electrons. The van der Waals surface area contributed by atoms with Crippen LogP contribution < -0.4 is 0 Å². The lowest BCUT2D eigenvalue weighted by atomic mass is 9.73. The van der Waals surface area contributed by atoms with Crippen LogP contribution in [-0.2, 0) is 9.53 Å². The van der Waals surface area contributed by atoms with Crippen LogP contribution in [0.5, 0.6) is 0 Å². The van der Waals surface area contributed by atoms with Gasteiger partial charge in [-0.15, -0.1) is 0 Å². The Balaban J connectivity index is 2.12. The smallest absolute Gasteiger partial charge is 0.309 e. The van der Waals surface area contributed by atoms with Crippen molar-refractivity contribution in [3.8, 4) is 0 Å². The summed E-state index contributed by atoms with van der Waals surface area (Å²) in [7, 11) is 0. The number of rotatable bonds is 1. The fourth-order valence-corrected chi connectivity index (χ4v) is 3.61. The Morgan fingerprint density at radius 3 is 2.28 bits per heavy atom. The molecule has 1 unspecified atom stereocenters. The Labute approximate surface area is 110 Å². The van der Waals surface area contributed by atoms with Crippen LogP contribution in [0.1, 0.15) is 70.6 Å². The van der Waals surface area contributed by atoms with Crippen LogP contribution in [0.2, 0.25) is 0 Å². The Kier molecular flexibility index (Phi) is 5.04. The molecule has 0 aromatic rings. The number of carbonyl (C=O) groups is 1. The van der Waals surface area contributed by atoms with Crippen LogP contribution in [0.4, 0.5) is 0 Å². The molecule has 0 bridgehead atoms. The lowest BCUT2D eigenvalue weighted by molar-refractivity contribution is -0.165. The third-order valence-corrected chi connectivity index (χ3v) is 4.66. The van der Waals surface area contributed by atoms with E-state index in [1.807, 2.05) is 0 Å². The third kappa shape index (κ3) is 3.25. The molecule has 1 aliphatic carbocycles. The van der Waals surface area contributed by atoms with Crippen molar-refractivity contribution in [2.45, 2.75) is 76.2 Å². The highest BCUT2D eigenvalue weighted by atomic mass is 16.5. The van der Waals surface area contributed by atoms with Gasteiger partial charge in [0.1, 0.15) is 0 Å². The summed E-state index contributed by atoms with van der Waals surface area (Å²) >= 11 is 0. The van der Waals surface area contributed by atoms with Crippen molar-refractivity contribution in [2.24, 2.45) is 5.92 Å². The number of carboxylic acid groups (broad SMARTS) is 1. The van der Waals surface area contributed by atoms with Crippen LogP contribution in [0.15, 0.2) is 0 Å². The Morgan fingerprint density at radius 2 is 1.56 bits per heavy atom. The first-order valence-electron chi connectivity index (χ1n) is 7.61. The first kappa shape index (κ1) is 13.9. The maximum atomic E-state index is 11.6. The molecule has 0 amide bonds. The number of hydrogen-bond acceptors (Lipinski definition) is 2. The zero-order chi connectivity index (χ0) is 12.8. The molecule has 1 saturated carbocycles. The summed E-state index contributed by atoms with van der Waals surface area (Å²) in [6, 6.07) is 0. The lowest BCUT2D eigenvalue weighted by Crippen LogP contribution is -2.46. The molecule has 104 valence electrons. The van der Waals surface area contributed by atoms with E-state index in [4.69, 9.17) is 4.74 Å². The first-order chi connectivity index (χ1) is 8.75. The quantitative estimate of drug-likeness (QED) is 0.775. The topological polar surface area (TPSA) is 46.5 Å². The summed E-state index contributed by atoms with van der Waals surface area (Å²) in [5, 5.41) is 9.55. The van der Waals surface area contributed by atoms with E-state index in [2.05, 4.69) is 0 Å². The van der Waals surface area contributed by atoms with Gasteiger partial charge in [-0.2, -0.15) is 0 Å². The highest BCUT2D eigenvalue weighted by Gasteiger charge is 2.44. The minimum atomic E-state index is -0.641. The van der Waals surface area contributed by atoms with E-state index >= 15 is 0 Å². The Hall–Kier alpha value is -0.570. The molecule has 2 aliphatic rings. The minimum absolute atomic E-state index is 0.282. The van der Waals surface area contributed by atoms with Crippen molar-refractivity contribution in [3.05, 3.63) is 0 Å². The van der Waals surface area contributed by atoms with E-state index in [0.29, 0.717) is 0 Å². The average Bonchev–Trinajstić information content (AvgIpc) is 2.38. The van der Waals surface area contributed by atoms with Crippen molar-refractivity contribution in [1.29, 1.82) is 0 Å². The molecule has 0 aromatic heterocycles. The van der Waals surface area contributed by atoms with E-state index in [9.17, 15) is 9.90 Å². The van der Waals surface area contributed by atoms with Crippen LogP contribution in [0.3, 0.4) is 0 Å². The van der Waals surface area contributed by atoms with Gasteiger partial charge in [0.05, 0.1) is 11.5 Å². The molecule has 18 heavy (non-hydrogen) atoms. The number of aliphatic carboxylic acids is 1. The van der Waals surface area contributed by atoms with E-state index in [1.54, 1.807) is 0 Å². The second-order valence-electron chi connectivity index (χ2n) is 5.92. The van der Waals surface area contributed by atoms with Crippen LogP contribution >= 0.6 is 0 Å². The second kappa shape index (κ2) is 6.55. The van der Waals surface area contributed by atoms with Gasteiger partial charge in [-0.25, -0.2) is 0 Å². The van der Waals surface area contributed by atoms with Gasteiger partial charge in [0.2, 0.25) is 0 Å². The fourth-order valence-electron chi connectivity index (χ4n) is 3.61. The summed E-state index contributed by atoms with van der Waals surface area (Å²) in [6.07, 6.45) is 12.0. The molecule has 3 nitrogen and oxygen atoms in total. The molecular formula is C15H26O3. The SMILES string of the molecule is O=C(O)C1CCCCCCCOC12CCCCC2. The molecule has 1 saturated heterocycles. The lowest BCUT2D eigenvalue weighted by Gasteiger charge is -2.42. The molecular weight excluding hydrogens is 228 g/mol. The third-order valence-electron chi connectivity index (χ3n) is 4.66. The second-order valence-corrected chi connectivity index (χ2v) is 5.92. The predicted octanol–water partition coefficient (Wildman–Crippen LogP) is 3.76. The van der Waals surface area contributed by atoms with Gasteiger partial charge in [0.25, 0.3) is 0 Å². The summed E-state index contributed by atoms with van der Waals surface area (Å²) in [6.45, 7) is 0.754. The highest BCUT2D eigenvalue weighted by Crippen LogP contribution is 2.41. The van der Waals surface area contributed by atoms with E-state index in [0.717, 1.165) is 51.6 Å². The zero-order valence-electron chi connectivity index (χ0n) is 11.3. The van der Waals surface area contributed by atoms with E-state index < -0.39 is 5.97 Å². The number of carboxylic acids is 1. The van der Waals surface area contributed by atoms with Gasteiger partial charge in [0, 0.05) is 6.61 Å². The monoisotopic (exact) mass is 254 g/mol. The van der Waals surface area contributed by atoms with Crippen molar-refractivity contribution in [1.82, 2.24) is 0 Å². The number of hydrogen-bond donors (Lipinski definition) is 1. The van der Waals surface area contributed by atoms with Gasteiger partial charge >= 0.3 is 5.97 Å². The molecule has 1 heterocycles. The standard InChI is InChI=1S/C15H26O3/c16-14(17)13-9-5-2-1-3-8-12-18-15(13)10-6-4-7-11-15/h13H,1-12H2,(H,16,17). The van der Waals surface area contributed by atoms with Gasteiger partial charge in [-0.3, -0.25) is 4.79 Å². The molecule has 3 heteroatoms. The largest absolute Gasteiger partial charge is 0.481 e. The summed E-state index contributed by atoms with van der Waals surface area (Å²) in [4.78, 5) is 11.6. The molecule has 0 aromatic carbocycles. The van der Waals surface area contributed by atoms with Crippen molar-refractivity contribution in [3.63, 3.8) is 0 Å². The van der Waals surface area contributed by atoms with Crippen LogP contribution in [0, 0.1) is 5.92 Å². The molecule has 1 spiro atoms. The molecule has 2 rings (SSSR count). The predicted molar refractivity (Wildman–Crippen MR) is 70.6 cm³/mol. The fraction of sp³-hybridized carbons (Fsp3) is 0.933. The molecule has 1 N–H and O–H groups in total. The van der Waals surface area contributed by atoms with Crippen LogP contribution in [-0.4, -0.2) is 23.3 Å². The molecule has 1 atom stereocenters. The Morgan fingerprint density at radius 1 is 0.944 bits per heavy atom. The maximum absolute atomic E-state index is 11.6. The van der Waals surface area contributed by atoms with Gasteiger partial charge in [-0.1, -0.05) is 44.9 Å². The van der Waals surface area contributed by atoms with Crippen LogP contribution in [0.25, 0.3) is 0 Å². The highest BCUT2D eigenvalue weighted by molar-refractivity contribution is 5.71. The van der Waals surface area contributed by atoms with Gasteiger partial charge in [-0.05, 0) is 25.7 Å². The summed E-state index contributed by atoms with van der Waals surface area (Å²) in [5.41, 5.74) is -0.346. The average molecular weight is 254 g/mol. The molecule has 2 fully saturated rings. The van der Waals surface area contributed by atoms with Crippen molar-refractivity contribution >= 4 is 5.97 Å². The zero-order valence-corrected chi connectivity index (χ0v) is 11.3. The first-order valence-corrected chi connectivity index (χ1v) is 7.61. The van der Waals surface area contributed by atoms with Gasteiger partial charge in [0.15, 0.2) is 0 Å². The van der Waals surface area contributed by atoms with Gasteiger partial charge < -0.3 is 9.84 Å². The Bertz CT molecular complexity index is 269. The summed E-state index contributed by atoms with van der Waals surface area (Å²) < 4.78 is 6.14. The minimum Gasteiger partial charge on any atom is -0.481 e. The van der Waals surface area contributed by atoms with E-state index in [-0.39, 0.29) is 11.5 Å². The normalized spacial score (nSPS) is 29.9. The van der Waals surface area contributed by atoms with Crippen molar-refractivity contribution < 1.29 is 14.6 Å². The molecule has 1 aliphatic heterocycles. The van der Waals surface area contributed by atoms with E-state index in [1.165, 1.54) is 25.7 Å². The number of ether oxygens (including phenoxy) is 1.